The molecule has 0 saturated carbocycles. The van der Waals surface area contributed by atoms with Crippen molar-refractivity contribution in [3.8, 4) is 0 Å². The average molecular weight is 233 g/mol. The minimum absolute atomic E-state index is 0.0659. The van der Waals surface area contributed by atoms with Crippen LogP contribution < -0.4 is 5.73 Å². The number of likely N-dealkylation sites (N-methyl/N-ethyl adjacent to an activating group) is 1. The normalized spacial score (nSPS) is 13.3. The highest BCUT2D eigenvalue weighted by molar-refractivity contribution is 6.36. The lowest BCUT2D eigenvalue weighted by atomic mass is 10.1. The fourth-order valence-electron chi connectivity index (χ4n) is 1.42. The molecule has 0 aliphatic heterocycles. The van der Waals surface area contributed by atoms with Gasteiger partial charge in [-0.05, 0) is 26.2 Å². The first-order valence-electron chi connectivity index (χ1n) is 4.38. The van der Waals surface area contributed by atoms with E-state index in [2.05, 4.69) is 0 Å². The van der Waals surface area contributed by atoms with Gasteiger partial charge in [0, 0.05) is 28.2 Å². The van der Waals surface area contributed by atoms with Gasteiger partial charge < -0.3 is 10.6 Å². The Balaban J connectivity index is 3.15. The Morgan fingerprint density at radius 3 is 2.14 bits per heavy atom. The Hall–Kier alpha value is -0.280. The molecule has 2 nitrogen and oxygen atoms in total. The standard InChI is InChI=1S/C10H14Cl2N2/c1-14(2)9(6-13)10-7(11)4-3-5-8(10)12/h3-5,9H,6,13H2,1-2H3. The molecule has 4 heteroatoms. The Bertz CT molecular complexity index is 293. The summed E-state index contributed by atoms with van der Waals surface area (Å²) >= 11 is 12.2. The van der Waals surface area contributed by atoms with Crippen LogP contribution in [0.25, 0.3) is 0 Å². The van der Waals surface area contributed by atoms with Gasteiger partial charge in [-0.2, -0.15) is 0 Å². The Morgan fingerprint density at radius 2 is 1.79 bits per heavy atom. The van der Waals surface area contributed by atoms with Gasteiger partial charge in [0.1, 0.15) is 0 Å². The third kappa shape index (κ3) is 2.39. The van der Waals surface area contributed by atoms with Crippen molar-refractivity contribution in [1.29, 1.82) is 0 Å². The third-order valence-corrected chi connectivity index (χ3v) is 2.84. The van der Waals surface area contributed by atoms with E-state index in [1.54, 1.807) is 0 Å². The highest BCUT2D eigenvalue weighted by atomic mass is 35.5. The maximum Gasteiger partial charge on any atom is 0.0494 e. The number of hydrogen-bond acceptors (Lipinski definition) is 2. The second-order valence-electron chi connectivity index (χ2n) is 3.35. The van der Waals surface area contributed by atoms with E-state index in [4.69, 9.17) is 28.9 Å². The van der Waals surface area contributed by atoms with Crippen molar-refractivity contribution in [3.05, 3.63) is 33.8 Å². The summed E-state index contributed by atoms with van der Waals surface area (Å²) in [6.07, 6.45) is 0. The molecule has 2 N–H and O–H groups in total. The summed E-state index contributed by atoms with van der Waals surface area (Å²) in [6, 6.07) is 5.55. The smallest absolute Gasteiger partial charge is 0.0494 e. The van der Waals surface area contributed by atoms with Crippen LogP contribution in [-0.2, 0) is 0 Å². The van der Waals surface area contributed by atoms with Gasteiger partial charge in [-0.25, -0.2) is 0 Å². The second-order valence-corrected chi connectivity index (χ2v) is 4.16. The second kappa shape index (κ2) is 4.99. The molecule has 1 atom stereocenters. The molecule has 78 valence electrons. The lowest BCUT2D eigenvalue weighted by Gasteiger charge is -2.24. The topological polar surface area (TPSA) is 29.3 Å². The third-order valence-electron chi connectivity index (χ3n) is 2.18. The molecule has 0 aliphatic carbocycles. The molecule has 0 aliphatic rings. The lowest BCUT2D eigenvalue weighted by Crippen LogP contribution is -2.27. The molecule has 0 heterocycles. The molecule has 1 aromatic rings. The predicted molar refractivity (Wildman–Crippen MR) is 61.9 cm³/mol. The molecule has 1 aromatic carbocycles. The molecule has 0 spiro atoms. The predicted octanol–water partition coefficient (Wildman–Crippen LogP) is 2.55. The molecule has 0 radical (unpaired) electrons. The zero-order chi connectivity index (χ0) is 10.7. The number of nitrogens with zero attached hydrogens (tertiary/aromatic N) is 1. The van der Waals surface area contributed by atoms with Crippen LogP contribution in [0.2, 0.25) is 10.0 Å². The summed E-state index contributed by atoms with van der Waals surface area (Å²) in [5, 5.41) is 1.34. The molecule has 0 aromatic heterocycles. The number of rotatable bonds is 3. The molecular formula is C10H14Cl2N2. The molecule has 0 bridgehead atoms. The van der Waals surface area contributed by atoms with E-state index in [1.807, 2.05) is 37.2 Å². The van der Waals surface area contributed by atoms with Crippen molar-refractivity contribution in [1.82, 2.24) is 4.90 Å². The Morgan fingerprint density at radius 1 is 1.29 bits per heavy atom. The highest BCUT2D eigenvalue weighted by Crippen LogP contribution is 2.31. The summed E-state index contributed by atoms with van der Waals surface area (Å²) in [5.74, 6) is 0. The van der Waals surface area contributed by atoms with Gasteiger partial charge in [0.15, 0.2) is 0 Å². The van der Waals surface area contributed by atoms with Crippen molar-refractivity contribution >= 4 is 23.2 Å². The molecule has 0 fully saturated rings. The molecule has 14 heavy (non-hydrogen) atoms. The number of benzene rings is 1. The van der Waals surface area contributed by atoms with Crippen LogP contribution in [0.3, 0.4) is 0 Å². The highest BCUT2D eigenvalue weighted by Gasteiger charge is 2.18. The van der Waals surface area contributed by atoms with Crippen LogP contribution in [0.15, 0.2) is 18.2 Å². The van der Waals surface area contributed by atoms with Crippen LogP contribution in [0.4, 0.5) is 0 Å². The van der Waals surface area contributed by atoms with Crippen LogP contribution in [0.1, 0.15) is 11.6 Å². The van der Waals surface area contributed by atoms with Crippen molar-refractivity contribution in [2.75, 3.05) is 20.6 Å². The first-order valence-corrected chi connectivity index (χ1v) is 5.14. The Labute approximate surface area is 94.6 Å². The fourth-order valence-corrected chi connectivity index (χ4v) is 2.07. The number of hydrogen-bond donors (Lipinski definition) is 1. The van der Waals surface area contributed by atoms with E-state index in [-0.39, 0.29) is 6.04 Å². The van der Waals surface area contributed by atoms with E-state index < -0.39 is 0 Å². The molecule has 1 rings (SSSR count). The zero-order valence-electron chi connectivity index (χ0n) is 8.30. The molecule has 1 unspecified atom stereocenters. The summed E-state index contributed by atoms with van der Waals surface area (Å²) in [6.45, 7) is 0.496. The maximum atomic E-state index is 6.08. The van der Waals surface area contributed by atoms with E-state index in [0.29, 0.717) is 16.6 Å². The molecule has 0 saturated heterocycles. The van der Waals surface area contributed by atoms with Gasteiger partial charge in [0.2, 0.25) is 0 Å². The first kappa shape index (κ1) is 11.8. The summed E-state index contributed by atoms with van der Waals surface area (Å²) in [5.41, 5.74) is 6.59. The van der Waals surface area contributed by atoms with Crippen LogP contribution in [0.5, 0.6) is 0 Å². The summed E-state index contributed by atoms with van der Waals surface area (Å²) in [7, 11) is 3.91. The fraction of sp³-hybridized carbons (Fsp3) is 0.400. The quantitative estimate of drug-likeness (QED) is 0.869. The minimum atomic E-state index is 0.0659. The van der Waals surface area contributed by atoms with Gasteiger partial charge in [-0.15, -0.1) is 0 Å². The van der Waals surface area contributed by atoms with Crippen LogP contribution in [0, 0.1) is 0 Å². The van der Waals surface area contributed by atoms with Gasteiger partial charge >= 0.3 is 0 Å². The van der Waals surface area contributed by atoms with Gasteiger partial charge in [0.05, 0.1) is 0 Å². The van der Waals surface area contributed by atoms with Gasteiger partial charge in [-0.3, -0.25) is 0 Å². The Kier molecular flexibility index (Phi) is 4.20. The van der Waals surface area contributed by atoms with Crippen LogP contribution in [-0.4, -0.2) is 25.5 Å². The molecule has 0 amide bonds. The zero-order valence-corrected chi connectivity index (χ0v) is 9.81. The number of nitrogens with two attached hydrogens (primary N) is 1. The average Bonchev–Trinajstić information content (AvgIpc) is 2.10. The number of halogens is 2. The van der Waals surface area contributed by atoms with Gasteiger partial charge in [0.25, 0.3) is 0 Å². The minimum Gasteiger partial charge on any atom is -0.329 e. The maximum absolute atomic E-state index is 6.08. The van der Waals surface area contributed by atoms with Crippen molar-refractivity contribution in [2.45, 2.75) is 6.04 Å². The van der Waals surface area contributed by atoms with E-state index in [0.717, 1.165) is 5.56 Å². The van der Waals surface area contributed by atoms with Crippen molar-refractivity contribution in [3.63, 3.8) is 0 Å². The van der Waals surface area contributed by atoms with E-state index in [1.165, 1.54) is 0 Å². The van der Waals surface area contributed by atoms with Gasteiger partial charge in [-0.1, -0.05) is 29.3 Å². The van der Waals surface area contributed by atoms with E-state index >= 15 is 0 Å². The summed E-state index contributed by atoms with van der Waals surface area (Å²) < 4.78 is 0. The first-order chi connectivity index (χ1) is 6.57. The van der Waals surface area contributed by atoms with E-state index in [9.17, 15) is 0 Å². The SMILES string of the molecule is CN(C)C(CN)c1c(Cl)cccc1Cl. The largest absolute Gasteiger partial charge is 0.329 e. The van der Waals surface area contributed by atoms with Crippen molar-refractivity contribution < 1.29 is 0 Å². The van der Waals surface area contributed by atoms with Crippen molar-refractivity contribution in [2.24, 2.45) is 5.73 Å². The monoisotopic (exact) mass is 232 g/mol. The lowest BCUT2D eigenvalue weighted by molar-refractivity contribution is 0.306. The summed E-state index contributed by atoms with van der Waals surface area (Å²) in [4.78, 5) is 2.01. The van der Waals surface area contributed by atoms with Crippen LogP contribution >= 0.6 is 23.2 Å². The molecular weight excluding hydrogens is 219 g/mol.